The minimum atomic E-state index is -0.661. The number of anilines is 1. The molecule has 122 valence electrons. The third kappa shape index (κ3) is 5.63. The molecule has 0 heterocycles. The molecule has 1 aromatic carbocycles. The predicted octanol–water partition coefficient (Wildman–Crippen LogP) is 2.79. The molecule has 0 aromatic heterocycles. The van der Waals surface area contributed by atoms with Crippen LogP contribution in [0.15, 0.2) is 24.3 Å². The van der Waals surface area contributed by atoms with Crippen LogP contribution in [-0.4, -0.2) is 31.3 Å². The minimum absolute atomic E-state index is 0.0629. The molecule has 0 spiro atoms. The zero-order valence-electron chi connectivity index (χ0n) is 13.5. The molecule has 6 nitrogen and oxygen atoms in total. The van der Waals surface area contributed by atoms with Gasteiger partial charge in [-0.05, 0) is 44.0 Å². The summed E-state index contributed by atoms with van der Waals surface area (Å²) >= 11 is 0. The van der Waals surface area contributed by atoms with Gasteiger partial charge in [0, 0.05) is 5.69 Å². The van der Waals surface area contributed by atoms with Crippen molar-refractivity contribution in [3.63, 3.8) is 0 Å². The molecule has 2 N–H and O–H groups in total. The second kappa shape index (κ2) is 8.92. The molecule has 0 aliphatic rings. The second-order valence-electron chi connectivity index (χ2n) is 5.03. The fourth-order valence-electron chi connectivity index (χ4n) is 1.86. The molecule has 0 saturated heterocycles. The standard InChI is InChI=1S/C16H24N2O4/c1-5-21-13-9-7-12(8-10-13)17-15(19)14(11(3)4)18-16(20)22-6-2/h7-11,14H,5-6H2,1-4H3,(H,17,19)(H,18,20). The first-order chi connectivity index (χ1) is 10.5. The van der Waals surface area contributed by atoms with Crippen molar-refractivity contribution in [3.8, 4) is 5.75 Å². The van der Waals surface area contributed by atoms with Gasteiger partial charge in [-0.25, -0.2) is 4.79 Å². The molecule has 0 fully saturated rings. The van der Waals surface area contributed by atoms with Gasteiger partial charge in [0.2, 0.25) is 5.91 Å². The molecule has 6 heteroatoms. The summed E-state index contributed by atoms with van der Waals surface area (Å²) < 4.78 is 10.2. The number of rotatable bonds is 7. The lowest BCUT2D eigenvalue weighted by Gasteiger charge is -2.21. The van der Waals surface area contributed by atoms with E-state index in [4.69, 9.17) is 9.47 Å². The van der Waals surface area contributed by atoms with Crippen molar-refractivity contribution >= 4 is 17.7 Å². The lowest BCUT2D eigenvalue weighted by atomic mass is 10.0. The molecule has 1 unspecified atom stereocenters. The summed E-state index contributed by atoms with van der Waals surface area (Å²) in [6, 6.07) is 6.41. The van der Waals surface area contributed by atoms with Crippen LogP contribution in [0.25, 0.3) is 0 Å². The van der Waals surface area contributed by atoms with E-state index in [1.807, 2.05) is 20.8 Å². The number of alkyl carbamates (subject to hydrolysis) is 1. The number of carbonyl (C=O) groups is 2. The van der Waals surface area contributed by atoms with Gasteiger partial charge >= 0.3 is 6.09 Å². The Morgan fingerprint density at radius 2 is 1.73 bits per heavy atom. The highest BCUT2D eigenvalue weighted by atomic mass is 16.5. The Kier molecular flexibility index (Phi) is 7.22. The SMILES string of the molecule is CCOC(=O)NC(C(=O)Nc1ccc(OCC)cc1)C(C)C. The molecular weight excluding hydrogens is 284 g/mol. The van der Waals surface area contributed by atoms with Crippen molar-refractivity contribution in [2.24, 2.45) is 5.92 Å². The van der Waals surface area contributed by atoms with E-state index in [1.54, 1.807) is 31.2 Å². The number of carbonyl (C=O) groups excluding carboxylic acids is 2. The van der Waals surface area contributed by atoms with E-state index < -0.39 is 12.1 Å². The fraction of sp³-hybridized carbons (Fsp3) is 0.500. The largest absolute Gasteiger partial charge is 0.494 e. The Hall–Kier alpha value is -2.24. The van der Waals surface area contributed by atoms with Crippen LogP contribution >= 0.6 is 0 Å². The van der Waals surface area contributed by atoms with Crippen LogP contribution in [0.4, 0.5) is 10.5 Å². The third-order valence-corrected chi connectivity index (χ3v) is 2.93. The van der Waals surface area contributed by atoms with Crippen LogP contribution in [0.5, 0.6) is 5.75 Å². The maximum atomic E-state index is 12.3. The van der Waals surface area contributed by atoms with Crippen LogP contribution in [0.3, 0.4) is 0 Å². The number of hydrogen-bond donors (Lipinski definition) is 2. The summed E-state index contributed by atoms with van der Waals surface area (Å²) in [5.74, 6) is 0.393. The molecule has 0 radical (unpaired) electrons. The molecular formula is C16H24N2O4. The quantitative estimate of drug-likeness (QED) is 0.812. The Bertz CT molecular complexity index is 485. The monoisotopic (exact) mass is 308 g/mol. The number of ether oxygens (including phenoxy) is 2. The highest BCUT2D eigenvalue weighted by molar-refractivity contribution is 5.96. The van der Waals surface area contributed by atoms with Gasteiger partial charge in [-0.2, -0.15) is 0 Å². The zero-order chi connectivity index (χ0) is 16.5. The first-order valence-electron chi connectivity index (χ1n) is 7.44. The number of hydrogen-bond acceptors (Lipinski definition) is 4. The molecule has 2 amide bonds. The van der Waals surface area contributed by atoms with Gasteiger partial charge in [0.1, 0.15) is 11.8 Å². The van der Waals surface area contributed by atoms with Crippen molar-refractivity contribution < 1.29 is 19.1 Å². The van der Waals surface area contributed by atoms with Crippen LogP contribution in [0.2, 0.25) is 0 Å². The first-order valence-corrected chi connectivity index (χ1v) is 7.44. The smallest absolute Gasteiger partial charge is 0.407 e. The average Bonchev–Trinajstić information content (AvgIpc) is 2.47. The first kappa shape index (κ1) is 17.8. The molecule has 0 aliphatic carbocycles. The summed E-state index contributed by atoms with van der Waals surface area (Å²) in [7, 11) is 0. The lowest BCUT2D eigenvalue weighted by Crippen LogP contribution is -2.47. The van der Waals surface area contributed by atoms with Gasteiger partial charge in [-0.15, -0.1) is 0 Å². The fourth-order valence-corrected chi connectivity index (χ4v) is 1.86. The normalized spacial score (nSPS) is 11.7. The van der Waals surface area contributed by atoms with Gasteiger partial charge in [-0.1, -0.05) is 13.8 Å². The van der Waals surface area contributed by atoms with Crippen molar-refractivity contribution in [1.82, 2.24) is 5.32 Å². The van der Waals surface area contributed by atoms with Crippen molar-refractivity contribution in [3.05, 3.63) is 24.3 Å². The molecule has 0 saturated carbocycles. The lowest BCUT2D eigenvalue weighted by molar-refractivity contribution is -0.119. The summed E-state index contributed by atoms with van der Waals surface area (Å²) in [5, 5.41) is 5.35. The van der Waals surface area contributed by atoms with E-state index in [1.165, 1.54) is 0 Å². The number of benzene rings is 1. The Labute approximate surface area is 131 Å². The molecule has 22 heavy (non-hydrogen) atoms. The zero-order valence-corrected chi connectivity index (χ0v) is 13.5. The van der Waals surface area contributed by atoms with Crippen molar-refractivity contribution in [2.45, 2.75) is 33.7 Å². The van der Waals surface area contributed by atoms with Crippen LogP contribution in [-0.2, 0) is 9.53 Å². The summed E-state index contributed by atoms with van der Waals surface area (Å²) in [5.41, 5.74) is 0.643. The second-order valence-corrected chi connectivity index (χ2v) is 5.03. The van der Waals surface area contributed by atoms with E-state index in [0.717, 1.165) is 5.75 Å². The number of amides is 2. The van der Waals surface area contributed by atoms with Crippen molar-refractivity contribution in [2.75, 3.05) is 18.5 Å². The Balaban J connectivity index is 2.68. The Morgan fingerprint density at radius 3 is 2.23 bits per heavy atom. The predicted molar refractivity (Wildman–Crippen MR) is 85.0 cm³/mol. The van der Waals surface area contributed by atoms with E-state index in [2.05, 4.69) is 10.6 Å². The van der Waals surface area contributed by atoms with Crippen LogP contribution in [0.1, 0.15) is 27.7 Å². The summed E-state index contributed by atoms with van der Waals surface area (Å²) in [6.45, 7) is 8.18. The highest BCUT2D eigenvalue weighted by Gasteiger charge is 2.24. The molecule has 1 atom stereocenters. The average molecular weight is 308 g/mol. The highest BCUT2D eigenvalue weighted by Crippen LogP contribution is 2.16. The third-order valence-electron chi connectivity index (χ3n) is 2.93. The molecule has 0 aliphatic heterocycles. The van der Waals surface area contributed by atoms with Crippen LogP contribution < -0.4 is 15.4 Å². The van der Waals surface area contributed by atoms with Gasteiger partial charge in [-0.3, -0.25) is 4.79 Å². The van der Waals surface area contributed by atoms with Gasteiger partial charge in [0.05, 0.1) is 13.2 Å². The van der Waals surface area contributed by atoms with Crippen LogP contribution in [0, 0.1) is 5.92 Å². The maximum absolute atomic E-state index is 12.3. The van der Waals surface area contributed by atoms with E-state index >= 15 is 0 Å². The van der Waals surface area contributed by atoms with Crippen molar-refractivity contribution in [1.29, 1.82) is 0 Å². The molecule has 0 bridgehead atoms. The van der Waals surface area contributed by atoms with Gasteiger partial charge in [0.15, 0.2) is 0 Å². The Morgan fingerprint density at radius 1 is 1.09 bits per heavy atom. The van der Waals surface area contributed by atoms with E-state index in [0.29, 0.717) is 12.3 Å². The van der Waals surface area contributed by atoms with E-state index in [-0.39, 0.29) is 18.4 Å². The minimum Gasteiger partial charge on any atom is -0.494 e. The summed E-state index contributed by atoms with van der Waals surface area (Å²) in [4.78, 5) is 23.8. The molecule has 1 aromatic rings. The van der Waals surface area contributed by atoms with E-state index in [9.17, 15) is 9.59 Å². The topological polar surface area (TPSA) is 76.7 Å². The van der Waals surface area contributed by atoms with Gasteiger partial charge in [0.25, 0.3) is 0 Å². The maximum Gasteiger partial charge on any atom is 0.407 e. The number of nitrogens with one attached hydrogen (secondary N) is 2. The summed E-state index contributed by atoms with van der Waals surface area (Å²) in [6.07, 6.45) is -0.594. The molecule has 1 rings (SSSR count). The van der Waals surface area contributed by atoms with Gasteiger partial charge < -0.3 is 20.1 Å².